The van der Waals surface area contributed by atoms with Gasteiger partial charge < -0.3 is 10.1 Å². The van der Waals surface area contributed by atoms with Crippen molar-refractivity contribution in [1.29, 1.82) is 0 Å². The van der Waals surface area contributed by atoms with E-state index in [-0.39, 0.29) is 5.60 Å². The molecular weight excluding hydrogens is 198 g/mol. The number of nitrogens with one attached hydrogen (secondary N) is 1. The van der Waals surface area contributed by atoms with Crippen molar-refractivity contribution in [2.24, 2.45) is 0 Å². The lowest BCUT2D eigenvalue weighted by Crippen LogP contribution is -2.50. The van der Waals surface area contributed by atoms with Crippen LogP contribution in [0.25, 0.3) is 0 Å². The summed E-state index contributed by atoms with van der Waals surface area (Å²) in [5.74, 6) is 0. The molecule has 0 spiro atoms. The Labute approximate surface area is 99.4 Å². The topological polar surface area (TPSA) is 21.3 Å². The largest absolute Gasteiger partial charge is 0.376 e. The minimum absolute atomic E-state index is 0.0813. The van der Waals surface area contributed by atoms with Gasteiger partial charge in [-0.05, 0) is 45.6 Å². The number of methoxy groups -OCH3 is 1. The lowest BCUT2D eigenvalue weighted by Gasteiger charge is -2.38. The minimum Gasteiger partial charge on any atom is -0.376 e. The molecule has 1 fully saturated rings. The van der Waals surface area contributed by atoms with Gasteiger partial charge in [-0.3, -0.25) is 0 Å². The van der Waals surface area contributed by atoms with Gasteiger partial charge >= 0.3 is 0 Å². The molecule has 2 rings (SSSR count). The average molecular weight is 223 g/mol. The van der Waals surface area contributed by atoms with Crippen molar-refractivity contribution < 1.29 is 4.74 Å². The summed E-state index contributed by atoms with van der Waals surface area (Å²) in [5.41, 5.74) is 1.68. The highest BCUT2D eigenvalue weighted by Gasteiger charge is 2.42. The SMILES string of the molecule is CNC(C1=CCCCC1)C1(OC)CCCC1. The molecule has 1 N–H and O–H groups in total. The van der Waals surface area contributed by atoms with Crippen LogP contribution in [0.5, 0.6) is 0 Å². The Morgan fingerprint density at radius 1 is 1.25 bits per heavy atom. The van der Waals surface area contributed by atoms with Gasteiger partial charge in [-0.25, -0.2) is 0 Å². The average Bonchev–Trinajstić information content (AvgIpc) is 2.81. The highest BCUT2D eigenvalue weighted by molar-refractivity contribution is 5.20. The van der Waals surface area contributed by atoms with E-state index in [0.717, 1.165) is 0 Å². The number of allylic oxidation sites excluding steroid dienone is 1. The van der Waals surface area contributed by atoms with E-state index < -0.39 is 0 Å². The van der Waals surface area contributed by atoms with Crippen molar-refractivity contribution in [3.63, 3.8) is 0 Å². The predicted octanol–water partition coefficient (Wildman–Crippen LogP) is 3.03. The summed E-state index contributed by atoms with van der Waals surface area (Å²) in [7, 11) is 3.97. The normalized spacial score (nSPS) is 26.5. The Hall–Kier alpha value is -0.340. The summed E-state index contributed by atoms with van der Waals surface area (Å²) >= 11 is 0. The fourth-order valence-corrected chi connectivity index (χ4v) is 3.50. The molecule has 0 aromatic heterocycles. The number of rotatable bonds is 4. The molecule has 1 saturated carbocycles. The Balaban J connectivity index is 2.16. The highest BCUT2D eigenvalue weighted by atomic mass is 16.5. The van der Waals surface area contributed by atoms with Crippen LogP contribution in [0.1, 0.15) is 51.4 Å². The second kappa shape index (κ2) is 5.33. The van der Waals surface area contributed by atoms with Crippen LogP contribution in [0.2, 0.25) is 0 Å². The maximum Gasteiger partial charge on any atom is 0.0869 e. The molecule has 0 heterocycles. The van der Waals surface area contributed by atoms with Gasteiger partial charge in [0.15, 0.2) is 0 Å². The summed E-state index contributed by atoms with van der Waals surface area (Å²) in [6, 6.07) is 0.445. The molecule has 2 aliphatic rings. The smallest absolute Gasteiger partial charge is 0.0869 e. The van der Waals surface area contributed by atoms with Crippen LogP contribution in [0.15, 0.2) is 11.6 Å². The van der Waals surface area contributed by atoms with Crippen LogP contribution in [0, 0.1) is 0 Å². The van der Waals surface area contributed by atoms with E-state index in [1.165, 1.54) is 51.4 Å². The van der Waals surface area contributed by atoms with Gasteiger partial charge in [-0.1, -0.05) is 24.5 Å². The van der Waals surface area contributed by atoms with Crippen LogP contribution in [-0.2, 0) is 4.74 Å². The maximum atomic E-state index is 5.90. The zero-order valence-electron chi connectivity index (χ0n) is 10.7. The first kappa shape index (κ1) is 12.1. The van der Waals surface area contributed by atoms with Crippen LogP contribution in [0.3, 0.4) is 0 Å². The third-order valence-electron chi connectivity index (χ3n) is 4.37. The first-order valence-electron chi connectivity index (χ1n) is 6.74. The zero-order chi connectivity index (χ0) is 11.4. The molecule has 0 aromatic rings. The monoisotopic (exact) mass is 223 g/mol. The van der Waals surface area contributed by atoms with Crippen molar-refractivity contribution in [3.05, 3.63) is 11.6 Å². The minimum atomic E-state index is 0.0813. The molecule has 0 radical (unpaired) electrons. The van der Waals surface area contributed by atoms with Gasteiger partial charge in [0.05, 0.1) is 11.6 Å². The number of likely N-dealkylation sites (N-methyl/N-ethyl adjacent to an activating group) is 1. The second-order valence-electron chi connectivity index (χ2n) is 5.22. The molecule has 1 unspecified atom stereocenters. The Kier molecular flexibility index (Phi) is 4.04. The maximum absolute atomic E-state index is 5.90. The van der Waals surface area contributed by atoms with Gasteiger partial charge in [0.25, 0.3) is 0 Å². The molecule has 2 heteroatoms. The summed E-state index contributed by atoms with van der Waals surface area (Å²) in [6.07, 6.45) is 12.7. The summed E-state index contributed by atoms with van der Waals surface area (Å²) in [4.78, 5) is 0. The first-order chi connectivity index (χ1) is 7.82. The summed E-state index contributed by atoms with van der Waals surface area (Å²) < 4.78 is 5.90. The molecule has 0 aliphatic heterocycles. The quantitative estimate of drug-likeness (QED) is 0.740. The third-order valence-corrected chi connectivity index (χ3v) is 4.37. The molecule has 92 valence electrons. The fourth-order valence-electron chi connectivity index (χ4n) is 3.50. The van der Waals surface area contributed by atoms with E-state index >= 15 is 0 Å². The van der Waals surface area contributed by atoms with Gasteiger partial charge in [0.2, 0.25) is 0 Å². The molecule has 2 aliphatic carbocycles. The molecule has 16 heavy (non-hydrogen) atoms. The molecule has 1 atom stereocenters. The van der Waals surface area contributed by atoms with E-state index in [1.807, 2.05) is 7.11 Å². The number of hydrogen-bond acceptors (Lipinski definition) is 2. The van der Waals surface area contributed by atoms with Gasteiger partial charge in [0.1, 0.15) is 0 Å². The molecule has 0 saturated heterocycles. The lowest BCUT2D eigenvalue weighted by atomic mass is 9.82. The fraction of sp³-hybridized carbons (Fsp3) is 0.857. The molecule has 0 amide bonds. The van der Waals surface area contributed by atoms with Crippen molar-refractivity contribution in [3.8, 4) is 0 Å². The third kappa shape index (κ3) is 2.18. The van der Waals surface area contributed by atoms with Crippen molar-refractivity contribution in [2.75, 3.05) is 14.2 Å². The van der Waals surface area contributed by atoms with Crippen LogP contribution >= 0.6 is 0 Å². The molecule has 0 aromatic carbocycles. The summed E-state index contributed by atoms with van der Waals surface area (Å²) in [6.45, 7) is 0. The molecule has 0 bridgehead atoms. The predicted molar refractivity (Wildman–Crippen MR) is 67.6 cm³/mol. The second-order valence-corrected chi connectivity index (χ2v) is 5.22. The van der Waals surface area contributed by atoms with E-state index in [0.29, 0.717) is 6.04 Å². The van der Waals surface area contributed by atoms with Crippen molar-refractivity contribution >= 4 is 0 Å². The lowest BCUT2D eigenvalue weighted by molar-refractivity contribution is -0.0252. The van der Waals surface area contributed by atoms with E-state index in [1.54, 1.807) is 5.57 Å². The molecular formula is C14H25NO. The van der Waals surface area contributed by atoms with Gasteiger partial charge in [-0.15, -0.1) is 0 Å². The van der Waals surface area contributed by atoms with Crippen LogP contribution < -0.4 is 5.32 Å². The van der Waals surface area contributed by atoms with Crippen molar-refractivity contribution in [2.45, 2.75) is 63.0 Å². The van der Waals surface area contributed by atoms with Gasteiger partial charge in [0, 0.05) is 7.11 Å². The molecule has 2 nitrogen and oxygen atoms in total. The Morgan fingerprint density at radius 2 is 2.00 bits per heavy atom. The van der Waals surface area contributed by atoms with E-state index in [2.05, 4.69) is 18.4 Å². The Morgan fingerprint density at radius 3 is 2.50 bits per heavy atom. The van der Waals surface area contributed by atoms with E-state index in [4.69, 9.17) is 4.74 Å². The van der Waals surface area contributed by atoms with Crippen molar-refractivity contribution in [1.82, 2.24) is 5.32 Å². The first-order valence-corrected chi connectivity index (χ1v) is 6.74. The number of hydrogen-bond donors (Lipinski definition) is 1. The Bertz CT molecular complexity index is 253. The number of ether oxygens (including phenoxy) is 1. The standard InChI is InChI=1S/C14H25NO/c1-15-13(12-8-4-3-5-9-12)14(16-2)10-6-7-11-14/h8,13,15H,3-7,9-11H2,1-2H3. The van der Waals surface area contributed by atoms with E-state index in [9.17, 15) is 0 Å². The van der Waals surface area contributed by atoms with Gasteiger partial charge in [-0.2, -0.15) is 0 Å². The zero-order valence-corrected chi connectivity index (χ0v) is 10.7. The summed E-state index contributed by atoms with van der Waals surface area (Å²) in [5, 5.41) is 3.51. The highest BCUT2D eigenvalue weighted by Crippen LogP contribution is 2.39. The van der Waals surface area contributed by atoms with Crippen LogP contribution in [0.4, 0.5) is 0 Å². The van der Waals surface area contributed by atoms with Crippen LogP contribution in [-0.4, -0.2) is 25.8 Å².